The van der Waals surface area contributed by atoms with Crippen LogP contribution in [0.15, 0.2) is 16.9 Å². The molecule has 1 N–H and O–H groups in total. The normalized spacial score (nSPS) is 13.2. The average Bonchev–Trinajstić information content (AvgIpc) is 2.58. The lowest BCUT2D eigenvalue weighted by Gasteiger charge is -2.08. The Morgan fingerprint density at radius 3 is 2.17 bits per heavy atom. The molecule has 0 saturated carbocycles. The van der Waals surface area contributed by atoms with Crippen molar-refractivity contribution in [2.24, 2.45) is 0 Å². The maximum atomic E-state index is 12.2. The Balaban J connectivity index is 2.88. The Hall–Kier alpha value is -1.26. The van der Waals surface area contributed by atoms with Gasteiger partial charge in [-0.3, -0.25) is 9.13 Å². The van der Waals surface area contributed by atoms with Gasteiger partial charge in [0.25, 0.3) is 0 Å². The number of benzene rings is 1. The third-order valence-corrected chi connectivity index (χ3v) is 3.55. The van der Waals surface area contributed by atoms with E-state index in [1.165, 1.54) is 0 Å². The Morgan fingerprint density at radius 2 is 1.72 bits per heavy atom. The highest BCUT2D eigenvalue weighted by molar-refractivity contribution is 6.32. The van der Waals surface area contributed by atoms with Crippen LogP contribution in [0.4, 0.5) is 0 Å². The second-order valence-electron chi connectivity index (χ2n) is 4.31. The van der Waals surface area contributed by atoms with E-state index in [9.17, 15) is 9.90 Å². The van der Waals surface area contributed by atoms with Crippen LogP contribution in [0.25, 0.3) is 11.0 Å². The molecule has 98 valence electrons. The van der Waals surface area contributed by atoms with Gasteiger partial charge in [0.2, 0.25) is 0 Å². The number of imidazole rings is 1. The first-order valence-corrected chi connectivity index (χ1v) is 6.49. The molecule has 2 rings (SSSR count). The number of nitrogens with zero attached hydrogens (tertiary/aromatic N) is 2. The molecule has 0 saturated heterocycles. The van der Waals surface area contributed by atoms with E-state index in [0.717, 1.165) is 11.0 Å². The largest absolute Gasteiger partial charge is 0.389 e. The van der Waals surface area contributed by atoms with Crippen molar-refractivity contribution in [3.8, 4) is 0 Å². The smallest absolute Gasteiger partial charge is 0.329 e. The Labute approximate surface area is 110 Å². The second kappa shape index (κ2) is 4.78. The number of halogens is 1. The van der Waals surface area contributed by atoms with Gasteiger partial charge in [0.1, 0.15) is 0 Å². The van der Waals surface area contributed by atoms with Gasteiger partial charge in [0, 0.05) is 23.7 Å². The average molecular weight is 269 g/mol. The zero-order valence-electron chi connectivity index (χ0n) is 10.8. The molecule has 0 bridgehead atoms. The van der Waals surface area contributed by atoms with Crippen molar-refractivity contribution in [3.05, 3.63) is 33.2 Å². The molecule has 0 aliphatic rings. The highest BCUT2D eigenvalue weighted by atomic mass is 35.5. The summed E-state index contributed by atoms with van der Waals surface area (Å²) in [4.78, 5) is 12.2. The van der Waals surface area contributed by atoms with E-state index in [2.05, 4.69) is 0 Å². The molecule has 0 spiro atoms. The number of aliphatic hydroxyl groups excluding tert-OH is 1. The van der Waals surface area contributed by atoms with Crippen molar-refractivity contribution < 1.29 is 5.11 Å². The van der Waals surface area contributed by atoms with Crippen molar-refractivity contribution in [1.82, 2.24) is 9.13 Å². The van der Waals surface area contributed by atoms with Crippen LogP contribution in [0.1, 0.15) is 32.4 Å². The lowest BCUT2D eigenvalue weighted by atomic mass is 10.1. The molecule has 0 amide bonds. The van der Waals surface area contributed by atoms with Crippen molar-refractivity contribution >= 4 is 22.6 Å². The first-order chi connectivity index (χ1) is 8.51. The molecule has 5 heteroatoms. The maximum Gasteiger partial charge on any atom is 0.329 e. The summed E-state index contributed by atoms with van der Waals surface area (Å²) in [6.07, 6.45) is -0.646. The summed E-state index contributed by atoms with van der Waals surface area (Å²) in [6, 6.07) is 3.56. The van der Waals surface area contributed by atoms with Crippen LogP contribution in [-0.4, -0.2) is 14.2 Å². The summed E-state index contributed by atoms with van der Waals surface area (Å²) in [6.45, 7) is 6.73. The van der Waals surface area contributed by atoms with E-state index < -0.39 is 6.10 Å². The Bertz CT molecular complexity index is 640. The fourth-order valence-corrected chi connectivity index (χ4v) is 2.60. The molecule has 0 radical (unpaired) electrons. The van der Waals surface area contributed by atoms with Crippen molar-refractivity contribution in [2.75, 3.05) is 0 Å². The SMILES string of the molecule is CCn1c(=O)n(CC)c2cc(C(C)O)c(Cl)cc21. The first kappa shape index (κ1) is 13.2. The molecule has 0 aliphatic heterocycles. The van der Waals surface area contributed by atoms with E-state index in [0.29, 0.717) is 23.7 Å². The lowest BCUT2D eigenvalue weighted by molar-refractivity contribution is 0.199. The summed E-state index contributed by atoms with van der Waals surface area (Å²) in [7, 11) is 0. The number of hydrogen-bond acceptors (Lipinski definition) is 2. The predicted octanol–water partition coefficient (Wildman–Crippen LogP) is 2.55. The monoisotopic (exact) mass is 268 g/mol. The van der Waals surface area contributed by atoms with E-state index in [-0.39, 0.29) is 5.69 Å². The van der Waals surface area contributed by atoms with Crippen LogP contribution in [0.5, 0.6) is 0 Å². The van der Waals surface area contributed by atoms with E-state index >= 15 is 0 Å². The third-order valence-electron chi connectivity index (χ3n) is 3.22. The molecule has 2 aromatic rings. The minimum absolute atomic E-state index is 0.0335. The van der Waals surface area contributed by atoms with Gasteiger partial charge in [-0.25, -0.2) is 4.79 Å². The molecule has 4 nitrogen and oxygen atoms in total. The van der Waals surface area contributed by atoms with Crippen LogP contribution in [0.3, 0.4) is 0 Å². The van der Waals surface area contributed by atoms with E-state index in [1.54, 1.807) is 28.2 Å². The molecular weight excluding hydrogens is 252 g/mol. The summed E-state index contributed by atoms with van der Waals surface area (Å²) in [5.74, 6) is 0. The van der Waals surface area contributed by atoms with Gasteiger partial charge in [-0.05, 0) is 32.9 Å². The topological polar surface area (TPSA) is 47.2 Å². The quantitative estimate of drug-likeness (QED) is 0.930. The number of aryl methyl sites for hydroxylation is 2. The third kappa shape index (κ3) is 1.85. The van der Waals surface area contributed by atoms with Gasteiger partial charge in [0.15, 0.2) is 0 Å². The van der Waals surface area contributed by atoms with Crippen LogP contribution < -0.4 is 5.69 Å². The minimum atomic E-state index is -0.646. The van der Waals surface area contributed by atoms with Gasteiger partial charge >= 0.3 is 5.69 Å². The number of hydrogen-bond donors (Lipinski definition) is 1. The summed E-state index contributed by atoms with van der Waals surface area (Å²) >= 11 is 6.15. The molecule has 0 fully saturated rings. The van der Waals surface area contributed by atoms with Gasteiger partial charge < -0.3 is 5.11 Å². The maximum absolute atomic E-state index is 12.2. The number of rotatable bonds is 3. The highest BCUT2D eigenvalue weighted by Gasteiger charge is 2.15. The minimum Gasteiger partial charge on any atom is -0.389 e. The van der Waals surface area contributed by atoms with Crippen molar-refractivity contribution in [1.29, 1.82) is 0 Å². The van der Waals surface area contributed by atoms with Crippen molar-refractivity contribution in [3.63, 3.8) is 0 Å². The van der Waals surface area contributed by atoms with Crippen molar-refractivity contribution in [2.45, 2.75) is 40.0 Å². The van der Waals surface area contributed by atoms with E-state index in [1.807, 2.05) is 13.8 Å². The van der Waals surface area contributed by atoms with Crippen LogP contribution >= 0.6 is 11.6 Å². The van der Waals surface area contributed by atoms with Gasteiger partial charge in [-0.2, -0.15) is 0 Å². The number of fused-ring (bicyclic) bond motifs is 1. The Kier molecular flexibility index (Phi) is 3.50. The molecule has 1 aromatic heterocycles. The number of aromatic nitrogens is 2. The Morgan fingerprint density at radius 1 is 1.22 bits per heavy atom. The fraction of sp³-hybridized carbons (Fsp3) is 0.462. The molecular formula is C13H17ClN2O2. The lowest BCUT2D eigenvalue weighted by Crippen LogP contribution is -2.23. The zero-order valence-corrected chi connectivity index (χ0v) is 11.5. The van der Waals surface area contributed by atoms with E-state index in [4.69, 9.17) is 11.6 Å². The zero-order chi connectivity index (χ0) is 13.4. The van der Waals surface area contributed by atoms with Gasteiger partial charge in [0.05, 0.1) is 17.1 Å². The standard InChI is InChI=1S/C13H17ClN2O2/c1-4-15-11-6-9(8(3)17)10(14)7-12(11)16(5-2)13(15)18/h6-8,17H,4-5H2,1-3H3. The van der Waals surface area contributed by atoms with Gasteiger partial charge in [-0.15, -0.1) is 0 Å². The molecule has 1 aromatic carbocycles. The number of aliphatic hydroxyl groups is 1. The molecule has 0 aliphatic carbocycles. The predicted molar refractivity (Wildman–Crippen MR) is 73.2 cm³/mol. The summed E-state index contributed by atoms with van der Waals surface area (Å²) in [5, 5.41) is 10.2. The summed E-state index contributed by atoms with van der Waals surface area (Å²) < 4.78 is 3.39. The van der Waals surface area contributed by atoms with Crippen LogP contribution in [0.2, 0.25) is 5.02 Å². The fourth-order valence-electron chi connectivity index (χ4n) is 2.28. The highest BCUT2D eigenvalue weighted by Crippen LogP contribution is 2.28. The van der Waals surface area contributed by atoms with Crippen LogP contribution in [-0.2, 0) is 13.1 Å². The molecule has 1 unspecified atom stereocenters. The van der Waals surface area contributed by atoms with Gasteiger partial charge in [-0.1, -0.05) is 11.6 Å². The second-order valence-corrected chi connectivity index (χ2v) is 4.72. The molecule has 1 atom stereocenters. The molecule has 1 heterocycles. The molecule has 18 heavy (non-hydrogen) atoms. The van der Waals surface area contributed by atoms with Crippen LogP contribution in [0, 0.1) is 0 Å². The first-order valence-electron chi connectivity index (χ1n) is 6.11. The summed E-state index contributed by atoms with van der Waals surface area (Å²) in [5.41, 5.74) is 2.26.